The number of thioether (sulfide) groups is 1. The zero-order chi connectivity index (χ0) is 27.4. The van der Waals surface area contributed by atoms with E-state index in [1.54, 1.807) is 36.4 Å². The zero-order valence-electron chi connectivity index (χ0n) is 19.1. The first-order valence-corrected chi connectivity index (χ1v) is 11.6. The molecule has 3 aromatic carbocycles. The molecule has 0 bridgehead atoms. The smallest absolute Gasteiger partial charge is 0.416 e. The highest BCUT2D eigenvalue weighted by Crippen LogP contribution is 2.40. The Kier molecular flexibility index (Phi) is 7.48. The molecule has 0 unspecified atom stereocenters. The highest BCUT2D eigenvalue weighted by molar-refractivity contribution is 8.18. The summed E-state index contributed by atoms with van der Waals surface area (Å²) in [6, 6.07) is 16.3. The van der Waals surface area contributed by atoms with E-state index in [0.29, 0.717) is 29.6 Å². The van der Waals surface area contributed by atoms with Crippen LogP contribution in [-0.2, 0) is 15.8 Å². The van der Waals surface area contributed by atoms with E-state index < -0.39 is 51.7 Å². The monoisotopic (exact) mass is 543 g/mol. The molecule has 38 heavy (non-hydrogen) atoms. The second-order valence-corrected chi connectivity index (χ2v) is 8.75. The van der Waals surface area contributed by atoms with Crippen molar-refractivity contribution in [2.24, 2.45) is 0 Å². The second-order valence-electron chi connectivity index (χ2n) is 7.76. The molecule has 4 rings (SSSR count). The summed E-state index contributed by atoms with van der Waals surface area (Å²) >= 11 is 0.582. The Morgan fingerprint density at radius 3 is 2.39 bits per heavy atom. The minimum atomic E-state index is -4.79. The molecule has 0 saturated carbocycles. The number of halogens is 3. The number of nitrogens with one attached hydrogen (secondary N) is 1. The molecule has 1 aliphatic heterocycles. The van der Waals surface area contributed by atoms with E-state index >= 15 is 0 Å². The number of nitro groups is 1. The first-order chi connectivity index (χ1) is 18.0. The largest absolute Gasteiger partial charge is 0.449 e. The van der Waals surface area contributed by atoms with Gasteiger partial charge in [-0.15, -0.1) is 0 Å². The van der Waals surface area contributed by atoms with Gasteiger partial charge in [-0.1, -0.05) is 36.4 Å². The van der Waals surface area contributed by atoms with Gasteiger partial charge in [0.15, 0.2) is 0 Å². The van der Waals surface area contributed by atoms with Gasteiger partial charge < -0.3 is 10.1 Å². The molecule has 0 aliphatic carbocycles. The van der Waals surface area contributed by atoms with Crippen LogP contribution in [0.3, 0.4) is 0 Å². The number of carbonyl (C=O) groups is 3. The van der Waals surface area contributed by atoms with Crippen molar-refractivity contribution in [1.29, 1.82) is 0 Å². The van der Waals surface area contributed by atoms with Crippen LogP contribution in [0.2, 0.25) is 0 Å². The lowest BCUT2D eigenvalue weighted by molar-refractivity contribution is -0.385. The number of hydrogen-bond acceptors (Lipinski definition) is 7. The molecule has 0 spiro atoms. The maximum Gasteiger partial charge on any atom is 0.416 e. The molecular formula is C25H16F3N3O6S. The molecule has 1 aliphatic rings. The summed E-state index contributed by atoms with van der Waals surface area (Å²) < 4.78 is 44.6. The standard InChI is InChI=1S/C25H16F3N3O6S/c26-25(27,28)16-10-11-20(18(13-16)31(35)36)37-19-9-5-4-6-15(19)12-21-23(33)30(24(34)38-21)14-22(32)29-17-7-2-1-3-8-17/h1-13H,14H2,(H,29,32)/b21-12-. The van der Waals surface area contributed by atoms with Crippen molar-refractivity contribution in [2.75, 3.05) is 11.9 Å². The number of para-hydroxylation sites is 2. The Hall–Kier alpha value is -4.65. The summed E-state index contributed by atoms with van der Waals surface area (Å²) in [4.78, 5) is 48.7. The maximum atomic E-state index is 13.0. The van der Waals surface area contributed by atoms with Gasteiger partial charge in [-0.2, -0.15) is 13.2 Å². The lowest BCUT2D eigenvalue weighted by Crippen LogP contribution is -2.36. The summed E-state index contributed by atoms with van der Waals surface area (Å²) in [6.45, 7) is -0.521. The van der Waals surface area contributed by atoms with Crippen molar-refractivity contribution in [3.8, 4) is 11.5 Å². The Labute approximate surface area is 217 Å². The summed E-state index contributed by atoms with van der Waals surface area (Å²) in [7, 11) is 0. The predicted molar refractivity (Wildman–Crippen MR) is 132 cm³/mol. The minimum Gasteiger partial charge on any atom is -0.449 e. The van der Waals surface area contributed by atoms with Crippen molar-refractivity contribution in [3.05, 3.63) is 98.9 Å². The molecule has 3 amide bonds. The SMILES string of the molecule is O=C(CN1C(=O)S/C(=C\c2ccccc2Oc2ccc(C(F)(F)F)cc2[N+](=O)[O-])C1=O)Nc1ccccc1. The van der Waals surface area contributed by atoms with Gasteiger partial charge in [0.1, 0.15) is 12.3 Å². The van der Waals surface area contributed by atoms with Crippen molar-refractivity contribution in [2.45, 2.75) is 6.18 Å². The lowest BCUT2D eigenvalue weighted by atomic mass is 10.1. The molecule has 1 N–H and O–H groups in total. The first kappa shape index (κ1) is 26.4. The number of nitrogens with zero attached hydrogens (tertiary/aromatic N) is 2. The van der Waals surface area contributed by atoms with Crippen molar-refractivity contribution >= 4 is 46.3 Å². The van der Waals surface area contributed by atoms with E-state index in [0.717, 1.165) is 11.0 Å². The molecule has 0 aromatic heterocycles. The van der Waals surface area contributed by atoms with Crippen LogP contribution in [-0.4, -0.2) is 33.4 Å². The third kappa shape index (κ3) is 6.00. The number of rotatable bonds is 7. The first-order valence-electron chi connectivity index (χ1n) is 10.8. The molecule has 1 saturated heterocycles. The molecular weight excluding hydrogens is 527 g/mol. The van der Waals surface area contributed by atoms with Gasteiger partial charge in [-0.05, 0) is 48.2 Å². The lowest BCUT2D eigenvalue weighted by Gasteiger charge is -2.13. The van der Waals surface area contributed by atoms with Gasteiger partial charge in [-0.25, -0.2) is 0 Å². The van der Waals surface area contributed by atoms with E-state index in [2.05, 4.69) is 5.32 Å². The average Bonchev–Trinajstić information content (AvgIpc) is 3.12. The summed E-state index contributed by atoms with van der Waals surface area (Å²) in [6.07, 6.45) is -3.49. The van der Waals surface area contributed by atoms with Crippen LogP contribution in [0.4, 0.5) is 29.3 Å². The van der Waals surface area contributed by atoms with E-state index in [1.165, 1.54) is 24.3 Å². The van der Waals surface area contributed by atoms with Crippen LogP contribution in [0.25, 0.3) is 6.08 Å². The third-order valence-electron chi connectivity index (χ3n) is 5.14. The third-order valence-corrected chi connectivity index (χ3v) is 6.05. The van der Waals surface area contributed by atoms with E-state index in [1.807, 2.05) is 0 Å². The van der Waals surface area contributed by atoms with Gasteiger partial charge in [0.25, 0.3) is 11.1 Å². The topological polar surface area (TPSA) is 119 Å². The van der Waals surface area contributed by atoms with Crippen molar-refractivity contribution < 1.29 is 37.2 Å². The number of imide groups is 1. The minimum absolute atomic E-state index is 0.0102. The van der Waals surface area contributed by atoms with E-state index in [9.17, 15) is 37.7 Å². The summed E-state index contributed by atoms with van der Waals surface area (Å²) in [5.74, 6) is -1.78. The molecule has 194 valence electrons. The molecule has 1 fully saturated rings. The van der Waals surface area contributed by atoms with Gasteiger partial charge in [0.05, 0.1) is 15.4 Å². The molecule has 0 radical (unpaired) electrons. The second kappa shape index (κ2) is 10.8. The molecule has 13 heteroatoms. The normalized spacial score (nSPS) is 14.6. The van der Waals surface area contributed by atoms with Crippen LogP contribution >= 0.6 is 11.8 Å². The highest BCUT2D eigenvalue weighted by atomic mass is 32.2. The number of anilines is 1. The van der Waals surface area contributed by atoms with Crippen molar-refractivity contribution in [3.63, 3.8) is 0 Å². The van der Waals surface area contributed by atoms with Crippen LogP contribution in [0.15, 0.2) is 77.7 Å². The molecule has 1 heterocycles. The Bertz CT molecular complexity index is 1460. The summed E-state index contributed by atoms with van der Waals surface area (Å²) in [5, 5.41) is 13.3. The van der Waals surface area contributed by atoms with Crippen molar-refractivity contribution in [1.82, 2.24) is 4.90 Å². The van der Waals surface area contributed by atoms with Crippen LogP contribution in [0.5, 0.6) is 11.5 Å². The fourth-order valence-corrected chi connectivity index (χ4v) is 4.21. The summed E-state index contributed by atoms with van der Waals surface area (Å²) in [5.41, 5.74) is -1.40. The number of benzene rings is 3. The van der Waals surface area contributed by atoms with Gasteiger partial charge in [-0.3, -0.25) is 29.4 Å². The molecule has 9 nitrogen and oxygen atoms in total. The van der Waals surface area contributed by atoms with E-state index in [4.69, 9.17) is 4.74 Å². The fraction of sp³-hybridized carbons (Fsp3) is 0.0800. The number of hydrogen-bond donors (Lipinski definition) is 1. The average molecular weight is 543 g/mol. The number of ether oxygens (including phenoxy) is 1. The number of carbonyl (C=O) groups excluding carboxylic acids is 3. The predicted octanol–water partition coefficient (Wildman–Crippen LogP) is 6.08. The Balaban J connectivity index is 1.56. The highest BCUT2D eigenvalue weighted by Gasteiger charge is 2.37. The molecule has 3 aromatic rings. The van der Waals surface area contributed by atoms with Crippen LogP contribution < -0.4 is 10.1 Å². The van der Waals surface area contributed by atoms with Gasteiger partial charge in [0, 0.05) is 17.3 Å². The number of alkyl halides is 3. The molecule has 0 atom stereocenters. The Morgan fingerprint density at radius 1 is 1.03 bits per heavy atom. The fourth-order valence-electron chi connectivity index (χ4n) is 3.38. The maximum absolute atomic E-state index is 13.0. The quantitative estimate of drug-likeness (QED) is 0.218. The van der Waals surface area contributed by atoms with Crippen LogP contribution in [0.1, 0.15) is 11.1 Å². The van der Waals surface area contributed by atoms with Gasteiger partial charge in [0.2, 0.25) is 11.7 Å². The van der Waals surface area contributed by atoms with E-state index in [-0.39, 0.29) is 16.2 Å². The number of nitro benzene ring substituents is 1. The Morgan fingerprint density at radius 2 is 1.71 bits per heavy atom. The van der Waals surface area contributed by atoms with Gasteiger partial charge >= 0.3 is 11.9 Å². The number of amides is 3. The van der Waals surface area contributed by atoms with Crippen LogP contribution in [0, 0.1) is 10.1 Å². The zero-order valence-corrected chi connectivity index (χ0v) is 19.9.